The van der Waals surface area contributed by atoms with Gasteiger partial charge in [0.1, 0.15) is 0 Å². The van der Waals surface area contributed by atoms with Crippen LogP contribution in [0.3, 0.4) is 0 Å². The van der Waals surface area contributed by atoms with Gasteiger partial charge in [-0.2, -0.15) is 0 Å². The molecule has 8 heteroatoms. The van der Waals surface area contributed by atoms with E-state index in [1.807, 2.05) is 13.8 Å². The molecule has 2 aliphatic rings. The molecule has 1 atom stereocenters. The number of rotatable bonds is 8. The lowest BCUT2D eigenvalue weighted by Gasteiger charge is -2.30. The first kappa shape index (κ1) is 21.7. The molecule has 0 aromatic carbocycles. The molecule has 4 amide bonds. The highest BCUT2D eigenvalue weighted by atomic mass is 32.2. The molecule has 0 spiro atoms. The molecule has 1 aliphatic carbocycles. The van der Waals surface area contributed by atoms with Crippen LogP contribution in [0.15, 0.2) is 0 Å². The zero-order valence-corrected chi connectivity index (χ0v) is 17.3. The standard InChI is InChI=1S/C19H31N3O4S/c1-12(2)21-18(25)14-6-4-13(5-7-14)11-22-17(24)10-15(19(22)26)27-9-8-16(23)20-3/h12-15H,4-11H2,1-3H3,(H,20,23)(H,21,25). The Bertz CT molecular complexity index is 573. The minimum absolute atomic E-state index is 0.0432. The van der Waals surface area contributed by atoms with E-state index in [1.54, 1.807) is 7.05 Å². The van der Waals surface area contributed by atoms with Gasteiger partial charge in [-0.1, -0.05) is 0 Å². The summed E-state index contributed by atoms with van der Waals surface area (Å²) in [6, 6.07) is 0.146. The number of imide groups is 1. The van der Waals surface area contributed by atoms with Crippen molar-refractivity contribution in [1.82, 2.24) is 15.5 Å². The van der Waals surface area contributed by atoms with Gasteiger partial charge in [-0.25, -0.2) is 0 Å². The van der Waals surface area contributed by atoms with Crippen LogP contribution in [0.4, 0.5) is 0 Å². The monoisotopic (exact) mass is 397 g/mol. The van der Waals surface area contributed by atoms with Crippen molar-refractivity contribution in [3.8, 4) is 0 Å². The SMILES string of the molecule is CNC(=O)CCSC1CC(=O)N(CC2CCC(C(=O)NC(C)C)CC2)C1=O. The Morgan fingerprint density at radius 1 is 1.19 bits per heavy atom. The number of likely N-dealkylation sites (tertiary alicyclic amines) is 1. The van der Waals surface area contributed by atoms with Crippen LogP contribution in [-0.4, -0.2) is 59.2 Å². The van der Waals surface area contributed by atoms with Gasteiger partial charge in [0, 0.05) is 44.1 Å². The average Bonchev–Trinajstić information content (AvgIpc) is 2.89. The van der Waals surface area contributed by atoms with Crippen molar-refractivity contribution >= 4 is 35.4 Å². The summed E-state index contributed by atoms with van der Waals surface area (Å²) in [5, 5.41) is 5.15. The molecule has 2 N–H and O–H groups in total. The van der Waals surface area contributed by atoms with Crippen LogP contribution in [-0.2, 0) is 19.2 Å². The summed E-state index contributed by atoms with van der Waals surface area (Å²) in [7, 11) is 1.58. The maximum atomic E-state index is 12.5. The van der Waals surface area contributed by atoms with Crippen molar-refractivity contribution < 1.29 is 19.2 Å². The number of thioether (sulfide) groups is 1. The molecule has 1 unspecified atom stereocenters. The van der Waals surface area contributed by atoms with Crippen molar-refractivity contribution in [2.75, 3.05) is 19.3 Å². The molecule has 1 saturated carbocycles. The largest absolute Gasteiger partial charge is 0.359 e. The maximum absolute atomic E-state index is 12.5. The Morgan fingerprint density at radius 3 is 2.44 bits per heavy atom. The molecule has 27 heavy (non-hydrogen) atoms. The number of carbonyl (C=O) groups is 4. The molecule has 0 aromatic rings. The van der Waals surface area contributed by atoms with Crippen LogP contribution >= 0.6 is 11.8 Å². The number of hydrogen-bond acceptors (Lipinski definition) is 5. The van der Waals surface area contributed by atoms with Crippen LogP contribution < -0.4 is 10.6 Å². The third-order valence-electron chi connectivity index (χ3n) is 5.22. The summed E-state index contributed by atoms with van der Waals surface area (Å²) < 4.78 is 0. The Labute approximate surface area is 165 Å². The summed E-state index contributed by atoms with van der Waals surface area (Å²) >= 11 is 1.39. The fourth-order valence-electron chi connectivity index (χ4n) is 3.66. The van der Waals surface area contributed by atoms with E-state index in [-0.39, 0.29) is 53.2 Å². The minimum Gasteiger partial charge on any atom is -0.359 e. The van der Waals surface area contributed by atoms with E-state index in [2.05, 4.69) is 10.6 Å². The van der Waals surface area contributed by atoms with Gasteiger partial charge in [-0.05, 0) is 45.4 Å². The maximum Gasteiger partial charge on any atom is 0.242 e. The lowest BCUT2D eigenvalue weighted by atomic mass is 9.81. The normalized spacial score (nSPS) is 25.8. The second-order valence-corrected chi connectivity index (χ2v) is 9.02. The molecular weight excluding hydrogens is 366 g/mol. The second kappa shape index (κ2) is 10.1. The molecule has 0 bridgehead atoms. The molecule has 2 rings (SSSR count). The van der Waals surface area contributed by atoms with E-state index < -0.39 is 0 Å². The molecule has 152 valence electrons. The Morgan fingerprint density at radius 2 is 1.85 bits per heavy atom. The van der Waals surface area contributed by atoms with Gasteiger partial charge < -0.3 is 10.6 Å². The minimum atomic E-state index is -0.365. The number of amides is 4. The molecule has 1 aliphatic heterocycles. The smallest absolute Gasteiger partial charge is 0.242 e. The highest BCUT2D eigenvalue weighted by molar-refractivity contribution is 8.00. The first-order valence-corrected chi connectivity index (χ1v) is 10.8. The van der Waals surface area contributed by atoms with E-state index in [0.717, 1.165) is 25.7 Å². The molecule has 1 heterocycles. The first-order chi connectivity index (χ1) is 12.8. The molecular formula is C19H31N3O4S. The topological polar surface area (TPSA) is 95.6 Å². The van der Waals surface area contributed by atoms with Crippen LogP contribution in [0.2, 0.25) is 0 Å². The predicted molar refractivity (Wildman–Crippen MR) is 105 cm³/mol. The van der Waals surface area contributed by atoms with Crippen LogP contribution in [0.1, 0.15) is 52.4 Å². The Balaban J connectivity index is 1.77. The quantitative estimate of drug-likeness (QED) is 0.602. The number of carbonyl (C=O) groups excluding carboxylic acids is 4. The third-order valence-corrected chi connectivity index (χ3v) is 6.43. The fourth-order valence-corrected chi connectivity index (χ4v) is 4.78. The third kappa shape index (κ3) is 6.23. The zero-order chi connectivity index (χ0) is 20.0. The van der Waals surface area contributed by atoms with Gasteiger partial charge in [-0.15, -0.1) is 11.8 Å². The van der Waals surface area contributed by atoms with Gasteiger partial charge in [0.2, 0.25) is 23.6 Å². The summed E-state index contributed by atoms with van der Waals surface area (Å²) in [6.45, 7) is 4.37. The van der Waals surface area contributed by atoms with Gasteiger partial charge >= 0.3 is 0 Å². The van der Waals surface area contributed by atoms with Gasteiger partial charge in [0.25, 0.3) is 0 Å². The lowest BCUT2D eigenvalue weighted by molar-refractivity contribution is -0.139. The van der Waals surface area contributed by atoms with E-state index in [4.69, 9.17) is 0 Å². The van der Waals surface area contributed by atoms with Crippen molar-refractivity contribution in [2.24, 2.45) is 11.8 Å². The van der Waals surface area contributed by atoms with E-state index in [9.17, 15) is 19.2 Å². The number of nitrogens with zero attached hydrogens (tertiary/aromatic N) is 1. The lowest BCUT2D eigenvalue weighted by Crippen LogP contribution is -2.40. The summed E-state index contributed by atoms with van der Waals surface area (Å²) in [5.74, 6) is 0.669. The fraction of sp³-hybridized carbons (Fsp3) is 0.789. The van der Waals surface area contributed by atoms with Crippen LogP contribution in [0.5, 0.6) is 0 Å². The number of hydrogen-bond donors (Lipinski definition) is 2. The highest BCUT2D eigenvalue weighted by Crippen LogP contribution is 2.32. The van der Waals surface area contributed by atoms with E-state index >= 15 is 0 Å². The Kier molecular flexibility index (Phi) is 8.13. The summed E-state index contributed by atoms with van der Waals surface area (Å²) in [5.41, 5.74) is 0. The van der Waals surface area contributed by atoms with Gasteiger partial charge in [-0.3, -0.25) is 24.1 Å². The van der Waals surface area contributed by atoms with E-state index in [0.29, 0.717) is 18.7 Å². The highest BCUT2D eigenvalue weighted by Gasteiger charge is 2.40. The predicted octanol–water partition coefficient (Wildman–Crippen LogP) is 1.31. The van der Waals surface area contributed by atoms with Crippen molar-refractivity contribution in [3.63, 3.8) is 0 Å². The summed E-state index contributed by atoms with van der Waals surface area (Å²) in [6.07, 6.45) is 3.92. The molecule has 0 radical (unpaired) electrons. The van der Waals surface area contributed by atoms with Crippen molar-refractivity contribution in [1.29, 1.82) is 0 Å². The van der Waals surface area contributed by atoms with E-state index in [1.165, 1.54) is 16.7 Å². The zero-order valence-electron chi connectivity index (χ0n) is 16.5. The van der Waals surface area contributed by atoms with Crippen molar-refractivity contribution in [2.45, 2.75) is 63.7 Å². The molecule has 0 aromatic heterocycles. The summed E-state index contributed by atoms with van der Waals surface area (Å²) in [4.78, 5) is 49.6. The number of nitrogens with one attached hydrogen (secondary N) is 2. The molecule has 1 saturated heterocycles. The van der Waals surface area contributed by atoms with Crippen LogP contribution in [0.25, 0.3) is 0 Å². The van der Waals surface area contributed by atoms with Crippen LogP contribution in [0, 0.1) is 11.8 Å². The molecule has 2 fully saturated rings. The van der Waals surface area contributed by atoms with Gasteiger partial charge in [0.15, 0.2) is 0 Å². The average molecular weight is 398 g/mol. The van der Waals surface area contributed by atoms with Crippen molar-refractivity contribution in [3.05, 3.63) is 0 Å². The molecule has 7 nitrogen and oxygen atoms in total. The Hall–Kier alpha value is -1.57. The second-order valence-electron chi connectivity index (χ2n) is 7.71. The van der Waals surface area contributed by atoms with Gasteiger partial charge in [0.05, 0.1) is 5.25 Å². The first-order valence-electron chi connectivity index (χ1n) is 9.78.